The summed E-state index contributed by atoms with van der Waals surface area (Å²) in [5.74, 6) is -1.03. The van der Waals surface area contributed by atoms with Crippen LogP contribution in [0.15, 0.2) is 30.3 Å². The van der Waals surface area contributed by atoms with Crippen LogP contribution in [0.3, 0.4) is 0 Å². The molecule has 1 aromatic heterocycles. The van der Waals surface area contributed by atoms with Crippen LogP contribution in [0.5, 0.6) is 0 Å². The van der Waals surface area contributed by atoms with E-state index < -0.39 is 17.9 Å². The molecule has 1 amide bonds. The van der Waals surface area contributed by atoms with Gasteiger partial charge in [-0.15, -0.1) is 10.2 Å². The van der Waals surface area contributed by atoms with Crippen molar-refractivity contribution in [3.05, 3.63) is 45.4 Å². The molecule has 6 nitrogen and oxygen atoms in total. The van der Waals surface area contributed by atoms with E-state index >= 15 is 0 Å². The van der Waals surface area contributed by atoms with E-state index in [1.54, 1.807) is 0 Å². The lowest BCUT2D eigenvalue weighted by Gasteiger charge is -2.15. The smallest absolute Gasteiger partial charge is 0.328 e. The van der Waals surface area contributed by atoms with Gasteiger partial charge in [-0.3, -0.25) is 4.79 Å². The Kier molecular flexibility index (Phi) is 5.24. The van der Waals surface area contributed by atoms with Crippen molar-refractivity contribution in [3.63, 3.8) is 0 Å². The summed E-state index contributed by atoms with van der Waals surface area (Å²) < 4.78 is 4.88. The van der Waals surface area contributed by atoms with Gasteiger partial charge in [-0.25, -0.2) is 4.79 Å². The van der Waals surface area contributed by atoms with Crippen LogP contribution in [0.1, 0.15) is 15.4 Å². The molecule has 8 heteroatoms. The molecule has 0 aliphatic rings. The third-order valence-corrected chi connectivity index (χ3v) is 3.69. The number of aromatic nitrogens is 2. The molecule has 110 valence electrons. The van der Waals surface area contributed by atoms with E-state index in [1.165, 1.54) is 7.11 Å². The van der Waals surface area contributed by atoms with Crippen LogP contribution in [0.4, 0.5) is 0 Å². The monoisotopic (exact) mass is 325 g/mol. The van der Waals surface area contributed by atoms with E-state index in [1.807, 2.05) is 30.3 Å². The Hall–Kier alpha value is -1.99. The summed E-state index contributed by atoms with van der Waals surface area (Å²) in [5, 5.41) is 9.86. The molecule has 2 rings (SSSR count). The van der Waals surface area contributed by atoms with Gasteiger partial charge in [0.25, 0.3) is 5.91 Å². The highest BCUT2D eigenvalue weighted by molar-refractivity contribution is 7.17. The fourth-order valence-electron chi connectivity index (χ4n) is 1.70. The maximum absolute atomic E-state index is 12.0. The van der Waals surface area contributed by atoms with Crippen LogP contribution in [-0.4, -0.2) is 35.2 Å². The minimum atomic E-state index is -0.799. The van der Waals surface area contributed by atoms with Gasteiger partial charge in [0.2, 0.25) is 9.47 Å². The van der Waals surface area contributed by atoms with E-state index in [0.29, 0.717) is 6.42 Å². The van der Waals surface area contributed by atoms with Crippen molar-refractivity contribution in [2.24, 2.45) is 0 Å². The third kappa shape index (κ3) is 4.24. The van der Waals surface area contributed by atoms with E-state index in [9.17, 15) is 9.59 Å². The maximum atomic E-state index is 12.0. The largest absolute Gasteiger partial charge is 0.467 e. The molecule has 1 atom stereocenters. The maximum Gasteiger partial charge on any atom is 0.328 e. The summed E-state index contributed by atoms with van der Waals surface area (Å²) in [5.41, 5.74) is 0.906. The average Bonchev–Trinajstić information content (AvgIpc) is 2.93. The molecule has 0 saturated carbocycles. The van der Waals surface area contributed by atoms with E-state index in [0.717, 1.165) is 16.9 Å². The van der Waals surface area contributed by atoms with Gasteiger partial charge in [0.15, 0.2) is 0 Å². The van der Waals surface area contributed by atoms with Crippen LogP contribution in [-0.2, 0) is 16.0 Å². The molecule has 0 bridgehead atoms. The third-order valence-electron chi connectivity index (χ3n) is 2.67. The van der Waals surface area contributed by atoms with Gasteiger partial charge in [-0.2, -0.15) is 0 Å². The van der Waals surface area contributed by atoms with Gasteiger partial charge >= 0.3 is 5.97 Å². The Morgan fingerprint density at radius 1 is 1.33 bits per heavy atom. The highest BCUT2D eigenvalue weighted by Crippen LogP contribution is 2.15. The normalized spacial score (nSPS) is 11.7. The van der Waals surface area contributed by atoms with Gasteiger partial charge in [-0.1, -0.05) is 41.7 Å². The highest BCUT2D eigenvalue weighted by atomic mass is 35.5. The van der Waals surface area contributed by atoms with Crippen LogP contribution in [0, 0.1) is 0 Å². The fraction of sp³-hybridized carbons (Fsp3) is 0.231. The van der Waals surface area contributed by atoms with E-state index in [2.05, 4.69) is 15.5 Å². The summed E-state index contributed by atoms with van der Waals surface area (Å²) in [6.07, 6.45) is 0.325. The molecular formula is C13H12ClN3O3S. The van der Waals surface area contributed by atoms with Crippen molar-refractivity contribution in [1.29, 1.82) is 0 Å². The van der Waals surface area contributed by atoms with Crippen LogP contribution >= 0.6 is 22.9 Å². The van der Waals surface area contributed by atoms with Gasteiger partial charge in [-0.05, 0) is 17.2 Å². The molecule has 1 aromatic carbocycles. The van der Waals surface area contributed by atoms with E-state index in [4.69, 9.17) is 16.3 Å². The first kappa shape index (κ1) is 15.4. The number of ether oxygens (including phenoxy) is 1. The van der Waals surface area contributed by atoms with Crippen LogP contribution < -0.4 is 5.32 Å². The van der Waals surface area contributed by atoms with Crippen molar-refractivity contribution >= 4 is 34.8 Å². The van der Waals surface area contributed by atoms with Crippen molar-refractivity contribution in [2.45, 2.75) is 12.5 Å². The summed E-state index contributed by atoms with van der Waals surface area (Å²) in [6.45, 7) is 0. The van der Waals surface area contributed by atoms with Crippen molar-refractivity contribution in [2.75, 3.05) is 7.11 Å². The Labute approximate surface area is 130 Å². The molecule has 2 aromatic rings. The molecule has 0 fully saturated rings. The lowest BCUT2D eigenvalue weighted by atomic mass is 10.1. The quantitative estimate of drug-likeness (QED) is 0.846. The molecular weight excluding hydrogens is 314 g/mol. The molecule has 0 saturated heterocycles. The van der Waals surface area contributed by atoms with E-state index in [-0.39, 0.29) is 9.47 Å². The predicted octanol–water partition coefficient (Wildman–Crippen LogP) is 1.71. The lowest BCUT2D eigenvalue weighted by Crippen LogP contribution is -2.43. The topological polar surface area (TPSA) is 81.2 Å². The van der Waals surface area contributed by atoms with Crippen molar-refractivity contribution < 1.29 is 14.3 Å². The molecule has 1 heterocycles. The molecule has 21 heavy (non-hydrogen) atoms. The molecule has 0 spiro atoms. The standard InChI is InChI=1S/C13H12ClN3O3S/c1-20-12(19)9(7-8-5-3-2-4-6-8)15-10(18)11-16-17-13(14)21-11/h2-6,9H,7H2,1H3,(H,15,18). The summed E-state index contributed by atoms with van der Waals surface area (Å²) >= 11 is 6.58. The molecule has 0 aliphatic heterocycles. The summed E-state index contributed by atoms with van der Waals surface area (Å²) in [6, 6.07) is 8.52. The predicted molar refractivity (Wildman–Crippen MR) is 78.3 cm³/mol. The molecule has 1 N–H and O–H groups in total. The number of carbonyl (C=O) groups is 2. The average molecular weight is 326 g/mol. The number of rotatable bonds is 5. The summed E-state index contributed by atoms with van der Waals surface area (Å²) in [4.78, 5) is 23.8. The van der Waals surface area contributed by atoms with Gasteiger partial charge in [0.1, 0.15) is 6.04 Å². The number of nitrogens with one attached hydrogen (secondary N) is 1. The molecule has 0 aliphatic carbocycles. The number of benzene rings is 1. The van der Waals surface area contributed by atoms with Gasteiger partial charge < -0.3 is 10.1 Å². The Morgan fingerprint density at radius 2 is 2.05 bits per heavy atom. The minimum Gasteiger partial charge on any atom is -0.467 e. The zero-order chi connectivity index (χ0) is 15.2. The fourth-order valence-corrected chi connectivity index (χ4v) is 2.43. The summed E-state index contributed by atoms with van der Waals surface area (Å²) in [7, 11) is 1.27. The Morgan fingerprint density at radius 3 is 2.62 bits per heavy atom. The molecule has 0 radical (unpaired) electrons. The second-order valence-electron chi connectivity index (χ2n) is 4.10. The second-order valence-corrected chi connectivity index (χ2v) is 5.66. The van der Waals surface area contributed by atoms with Gasteiger partial charge in [0, 0.05) is 6.42 Å². The number of hydrogen-bond acceptors (Lipinski definition) is 6. The number of carbonyl (C=O) groups excluding carboxylic acids is 2. The second kappa shape index (κ2) is 7.14. The highest BCUT2D eigenvalue weighted by Gasteiger charge is 2.24. The first-order valence-corrected chi connectivity index (χ1v) is 7.21. The number of nitrogens with zero attached hydrogens (tertiary/aromatic N) is 2. The zero-order valence-corrected chi connectivity index (χ0v) is 12.6. The van der Waals surface area contributed by atoms with Crippen molar-refractivity contribution in [3.8, 4) is 0 Å². The Balaban J connectivity index is 2.09. The first-order chi connectivity index (χ1) is 10.1. The number of methoxy groups -OCH3 is 1. The number of amides is 1. The first-order valence-electron chi connectivity index (χ1n) is 6.01. The number of esters is 1. The number of hydrogen-bond donors (Lipinski definition) is 1. The SMILES string of the molecule is COC(=O)C(Cc1ccccc1)NC(=O)c1nnc(Cl)s1. The number of halogens is 1. The van der Waals surface area contributed by atoms with Gasteiger partial charge in [0.05, 0.1) is 7.11 Å². The molecule has 1 unspecified atom stereocenters. The van der Waals surface area contributed by atoms with Crippen LogP contribution in [0.2, 0.25) is 4.47 Å². The Bertz CT molecular complexity index is 633. The lowest BCUT2D eigenvalue weighted by molar-refractivity contribution is -0.142. The van der Waals surface area contributed by atoms with Crippen LogP contribution in [0.25, 0.3) is 0 Å². The van der Waals surface area contributed by atoms with Crippen molar-refractivity contribution in [1.82, 2.24) is 15.5 Å². The zero-order valence-electron chi connectivity index (χ0n) is 11.1. The minimum absolute atomic E-state index is 0.0990.